The van der Waals surface area contributed by atoms with Crippen LogP contribution >= 0.6 is 0 Å². The summed E-state index contributed by atoms with van der Waals surface area (Å²) in [5.74, 6) is 0.479. The maximum absolute atomic E-state index is 8.83. The van der Waals surface area contributed by atoms with Crippen LogP contribution in [0.4, 0.5) is 0 Å². The third-order valence-corrected chi connectivity index (χ3v) is 3.90. The summed E-state index contributed by atoms with van der Waals surface area (Å²) >= 11 is 0. The Morgan fingerprint density at radius 3 is 2.60 bits per heavy atom. The molecule has 6 heteroatoms. The second kappa shape index (κ2) is 6.33. The molecule has 2 heterocycles. The number of rotatable bonds is 6. The van der Waals surface area contributed by atoms with Gasteiger partial charge in [0.1, 0.15) is 18.7 Å². The van der Waals surface area contributed by atoms with Crippen LogP contribution in [0.25, 0.3) is 0 Å². The summed E-state index contributed by atoms with van der Waals surface area (Å²) in [6.07, 6.45) is 8.86. The lowest BCUT2D eigenvalue weighted by molar-refractivity contribution is 0.304. The van der Waals surface area contributed by atoms with E-state index in [-0.39, 0.29) is 6.04 Å². The van der Waals surface area contributed by atoms with Gasteiger partial charge < -0.3 is 0 Å². The van der Waals surface area contributed by atoms with E-state index in [9.17, 15) is 0 Å². The average molecular weight is 272 g/mol. The van der Waals surface area contributed by atoms with Gasteiger partial charge in [0.25, 0.3) is 0 Å². The van der Waals surface area contributed by atoms with Gasteiger partial charge in [-0.2, -0.15) is 15.5 Å². The van der Waals surface area contributed by atoms with Gasteiger partial charge in [-0.15, -0.1) is 0 Å². The highest BCUT2D eigenvalue weighted by molar-refractivity contribution is 5.21. The smallest absolute Gasteiger partial charge is 0.137 e. The Balaban J connectivity index is 1.88. The molecule has 2 aromatic rings. The SMILES string of the molecule is CC(CCC(C)n1cncn1)C(C)n1cc(C#N)cn1. The molecule has 2 rings (SSSR count). The van der Waals surface area contributed by atoms with Crippen LogP contribution in [0.3, 0.4) is 0 Å². The maximum Gasteiger partial charge on any atom is 0.137 e. The second-order valence-corrected chi connectivity index (χ2v) is 5.34. The maximum atomic E-state index is 8.83. The molecule has 3 atom stereocenters. The minimum Gasteiger partial charge on any atom is -0.268 e. The first-order valence-electron chi connectivity index (χ1n) is 6.90. The summed E-state index contributed by atoms with van der Waals surface area (Å²) < 4.78 is 3.77. The first-order chi connectivity index (χ1) is 9.61. The predicted octanol–water partition coefficient (Wildman–Crippen LogP) is 2.58. The first kappa shape index (κ1) is 14.3. The lowest BCUT2D eigenvalue weighted by Crippen LogP contribution is -2.16. The molecule has 0 saturated heterocycles. The summed E-state index contributed by atoms with van der Waals surface area (Å²) in [6.45, 7) is 6.50. The van der Waals surface area contributed by atoms with E-state index in [1.807, 2.05) is 15.6 Å². The van der Waals surface area contributed by atoms with Crippen LogP contribution in [-0.2, 0) is 0 Å². The normalized spacial score (nSPS) is 15.5. The van der Waals surface area contributed by atoms with Crippen molar-refractivity contribution in [3.05, 3.63) is 30.6 Å². The standard InChI is InChI=1S/C14H20N6/c1-11(4-5-12(2)20-10-16-9-18-20)13(3)19-8-14(6-15)7-17-19/h7-13H,4-5H2,1-3H3. The molecule has 0 aliphatic heterocycles. The van der Waals surface area contributed by atoms with E-state index in [1.54, 1.807) is 18.9 Å². The van der Waals surface area contributed by atoms with Crippen LogP contribution in [-0.4, -0.2) is 24.5 Å². The van der Waals surface area contributed by atoms with Crippen molar-refractivity contribution in [1.29, 1.82) is 5.26 Å². The summed E-state index contributed by atoms with van der Waals surface area (Å²) in [6, 6.07) is 2.73. The van der Waals surface area contributed by atoms with Crippen LogP contribution in [0.2, 0.25) is 0 Å². The topological polar surface area (TPSA) is 72.3 Å². The Bertz CT molecular complexity index is 565. The zero-order valence-electron chi connectivity index (χ0n) is 12.1. The number of nitrogens with zero attached hydrogens (tertiary/aromatic N) is 6. The summed E-state index contributed by atoms with van der Waals surface area (Å²) in [5.41, 5.74) is 0.611. The third kappa shape index (κ3) is 3.23. The molecule has 0 radical (unpaired) electrons. The molecule has 6 nitrogen and oxygen atoms in total. The van der Waals surface area contributed by atoms with Gasteiger partial charge in [0.2, 0.25) is 0 Å². The molecule has 0 spiro atoms. The molecule has 0 N–H and O–H groups in total. The third-order valence-electron chi connectivity index (χ3n) is 3.90. The summed E-state index contributed by atoms with van der Waals surface area (Å²) in [5, 5.41) is 17.2. The lowest BCUT2D eigenvalue weighted by Gasteiger charge is -2.22. The van der Waals surface area contributed by atoms with Crippen LogP contribution in [0.15, 0.2) is 25.0 Å². The molecule has 0 aromatic carbocycles. The highest BCUT2D eigenvalue weighted by Gasteiger charge is 2.17. The molecular formula is C14H20N6. The molecule has 0 aliphatic carbocycles. The fourth-order valence-corrected chi connectivity index (χ4v) is 2.20. The highest BCUT2D eigenvalue weighted by atomic mass is 15.3. The Morgan fingerprint density at radius 1 is 1.20 bits per heavy atom. The molecule has 0 aliphatic rings. The van der Waals surface area contributed by atoms with Gasteiger partial charge in [-0.3, -0.25) is 9.36 Å². The molecular weight excluding hydrogens is 252 g/mol. The Hall–Kier alpha value is -2.16. The number of hydrogen-bond donors (Lipinski definition) is 0. The predicted molar refractivity (Wildman–Crippen MR) is 74.8 cm³/mol. The highest BCUT2D eigenvalue weighted by Crippen LogP contribution is 2.24. The van der Waals surface area contributed by atoms with Crippen molar-refractivity contribution in [3.63, 3.8) is 0 Å². The van der Waals surface area contributed by atoms with E-state index in [4.69, 9.17) is 5.26 Å². The lowest BCUT2D eigenvalue weighted by atomic mass is 9.96. The first-order valence-corrected chi connectivity index (χ1v) is 6.90. The molecule has 3 unspecified atom stereocenters. The van der Waals surface area contributed by atoms with Crippen LogP contribution in [0.1, 0.15) is 51.3 Å². The Kier molecular flexibility index (Phi) is 4.51. The van der Waals surface area contributed by atoms with Gasteiger partial charge in [-0.05, 0) is 32.6 Å². The zero-order valence-corrected chi connectivity index (χ0v) is 12.1. The summed E-state index contributed by atoms with van der Waals surface area (Å²) in [7, 11) is 0. The monoisotopic (exact) mass is 272 g/mol. The van der Waals surface area contributed by atoms with E-state index in [0.29, 0.717) is 17.5 Å². The molecule has 0 amide bonds. The van der Waals surface area contributed by atoms with Crippen LogP contribution in [0, 0.1) is 17.2 Å². The van der Waals surface area contributed by atoms with Gasteiger partial charge >= 0.3 is 0 Å². The largest absolute Gasteiger partial charge is 0.268 e. The Labute approximate surface area is 119 Å². The van der Waals surface area contributed by atoms with Gasteiger partial charge in [0, 0.05) is 6.20 Å². The number of aromatic nitrogens is 5. The Morgan fingerprint density at radius 2 is 2.00 bits per heavy atom. The molecule has 20 heavy (non-hydrogen) atoms. The van der Waals surface area contributed by atoms with Crippen molar-refractivity contribution in [3.8, 4) is 6.07 Å². The summed E-state index contributed by atoms with van der Waals surface area (Å²) in [4.78, 5) is 3.97. The van der Waals surface area contributed by atoms with E-state index < -0.39 is 0 Å². The fourth-order valence-electron chi connectivity index (χ4n) is 2.20. The van der Waals surface area contributed by atoms with Crippen molar-refractivity contribution >= 4 is 0 Å². The molecule has 0 bridgehead atoms. The van der Waals surface area contributed by atoms with Crippen molar-refractivity contribution < 1.29 is 0 Å². The van der Waals surface area contributed by atoms with Gasteiger partial charge in [-0.25, -0.2) is 4.98 Å². The van der Waals surface area contributed by atoms with Gasteiger partial charge in [0.05, 0.1) is 23.8 Å². The quantitative estimate of drug-likeness (QED) is 0.810. The molecule has 2 aromatic heterocycles. The van der Waals surface area contributed by atoms with Gasteiger partial charge in [-0.1, -0.05) is 6.92 Å². The van der Waals surface area contributed by atoms with E-state index in [2.05, 4.69) is 42.0 Å². The van der Waals surface area contributed by atoms with Crippen LogP contribution in [0.5, 0.6) is 0 Å². The van der Waals surface area contributed by atoms with Crippen LogP contribution < -0.4 is 0 Å². The van der Waals surface area contributed by atoms with E-state index in [0.717, 1.165) is 12.8 Å². The number of hydrogen-bond acceptors (Lipinski definition) is 4. The van der Waals surface area contributed by atoms with Gasteiger partial charge in [0.15, 0.2) is 0 Å². The van der Waals surface area contributed by atoms with Crippen molar-refractivity contribution in [2.75, 3.05) is 0 Å². The average Bonchev–Trinajstić information content (AvgIpc) is 3.13. The minimum atomic E-state index is 0.278. The molecule has 0 fully saturated rings. The minimum absolute atomic E-state index is 0.278. The fraction of sp³-hybridized carbons (Fsp3) is 0.571. The van der Waals surface area contributed by atoms with E-state index in [1.165, 1.54) is 0 Å². The van der Waals surface area contributed by atoms with Crippen molar-refractivity contribution in [1.82, 2.24) is 24.5 Å². The van der Waals surface area contributed by atoms with Crippen molar-refractivity contribution in [2.45, 2.75) is 45.7 Å². The molecule has 0 saturated carbocycles. The second-order valence-electron chi connectivity index (χ2n) is 5.34. The number of nitriles is 1. The van der Waals surface area contributed by atoms with E-state index >= 15 is 0 Å². The molecule has 106 valence electrons. The zero-order chi connectivity index (χ0) is 14.5. The van der Waals surface area contributed by atoms with Crippen molar-refractivity contribution in [2.24, 2.45) is 5.92 Å².